The van der Waals surface area contributed by atoms with Gasteiger partial charge >= 0.3 is 0 Å². The summed E-state index contributed by atoms with van der Waals surface area (Å²) in [6, 6.07) is 0.335. The lowest BCUT2D eigenvalue weighted by Crippen LogP contribution is -2.34. The Bertz CT molecular complexity index is 869. The van der Waals surface area contributed by atoms with Crippen LogP contribution < -0.4 is 5.32 Å². The molecule has 1 saturated carbocycles. The van der Waals surface area contributed by atoms with Crippen molar-refractivity contribution in [2.24, 2.45) is 0 Å². The minimum Gasteiger partial charge on any atom is -0.387 e. The van der Waals surface area contributed by atoms with Crippen LogP contribution in [-0.2, 0) is 9.57 Å². The molecule has 0 bridgehead atoms. The highest BCUT2D eigenvalue weighted by Gasteiger charge is 2.44. The van der Waals surface area contributed by atoms with Gasteiger partial charge in [-0.2, -0.15) is 0 Å². The molecule has 28 heavy (non-hydrogen) atoms. The minimum atomic E-state index is -1.35. The molecule has 4 atom stereocenters. The van der Waals surface area contributed by atoms with E-state index in [4.69, 9.17) is 4.74 Å². The van der Waals surface area contributed by atoms with Gasteiger partial charge in [-0.3, -0.25) is 4.57 Å². The lowest BCUT2D eigenvalue weighted by molar-refractivity contribution is -0.759. The van der Waals surface area contributed by atoms with Crippen LogP contribution >= 0.6 is 0 Å². The normalized spacial score (nSPS) is 28.1. The summed E-state index contributed by atoms with van der Waals surface area (Å²) in [6.07, 6.45) is 1.21. The third-order valence-electron chi connectivity index (χ3n) is 5.18. The average Bonchev–Trinajstić information content (AvgIpc) is 3.35. The molecule has 3 N–H and O–H groups in total. The van der Waals surface area contributed by atoms with Crippen molar-refractivity contribution in [1.82, 2.24) is 19.5 Å². The van der Waals surface area contributed by atoms with E-state index in [2.05, 4.69) is 25.1 Å². The van der Waals surface area contributed by atoms with E-state index in [9.17, 15) is 20.3 Å². The van der Waals surface area contributed by atoms with Crippen LogP contribution in [0.4, 0.5) is 5.82 Å². The van der Waals surface area contributed by atoms with E-state index < -0.39 is 36.2 Å². The van der Waals surface area contributed by atoms with Gasteiger partial charge in [-0.25, -0.2) is 15.0 Å². The molecule has 1 aliphatic carbocycles. The number of hydrogen-bond acceptors (Lipinski definition) is 10. The van der Waals surface area contributed by atoms with Crippen molar-refractivity contribution >= 4 is 17.0 Å². The smallest absolute Gasteiger partial charge is 0.294 e. The largest absolute Gasteiger partial charge is 0.387 e. The molecule has 0 spiro atoms. The van der Waals surface area contributed by atoms with E-state index in [1.54, 1.807) is 6.92 Å². The Kier molecular flexibility index (Phi) is 5.00. The van der Waals surface area contributed by atoms with Gasteiger partial charge in [0.2, 0.25) is 0 Å². The lowest BCUT2D eigenvalue weighted by atomic mass is 10.1. The second kappa shape index (κ2) is 7.45. The Labute approximate surface area is 159 Å². The van der Waals surface area contributed by atoms with E-state index in [1.165, 1.54) is 23.7 Å². The SMILES string of the molecule is Cc1nc(NC2CCCC2)c2ncn([C@@H]3O[C@H](CO[N+](=O)[O-])[C@@H](O)[C@H]3O)c2n1. The summed E-state index contributed by atoms with van der Waals surface area (Å²) in [5.74, 6) is 1.14. The minimum absolute atomic E-state index is 0.335. The van der Waals surface area contributed by atoms with Crippen LogP contribution in [0.1, 0.15) is 37.7 Å². The number of ether oxygens (including phenoxy) is 1. The molecule has 2 aliphatic rings. The zero-order valence-corrected chi connectivity index (χ0v) is 15.3. The zero-order valence-electron chi connectivity index (χ0n) is 15.3. The molecule has 0 unspecified atom stereocenters. The third kappa shape index (κ3) is 3.45. The number of aromatic nitrogens is 4. The second-order valence-electron chi connectivity index (χ2n) is 7.13. The van der Waals surface area contributed by atoms with Gasteiger partial charge in [-0.05, 0) is 19.8 Å². The molecule has 12 heteroatoms. The standard InChI is InChI=1S/C16H22N6O6/c1-8-18-14(20-9-4-2-3-5-9)11-15(19-8)21(7-17-11)16-13(24)12(23)10(28-16)6-27-22(25)26/h7,9-10,12-13,16,23-24H,2-6H2,1H3,(H,18,19,20)/t10-,12-,13-,16-/m1/s1. The molecule has 1 aliphatic heterocycles. The van der Waals surface area contributed by atoms with Crippen LogP contribution in [0.15, 0.2) is 6.33 Å². The molecule has 4 rings (SSSR count). The fraction of sp³-hybridized carbons (Fsp3) is 0.688. The van der Waals surface area contributed by atoms with Crippen LogP contribution in [0.2, 0.25) is 0 Å². The van der Waals surface area contributed by atoms with E-state index >= 15 is 0 Å². The summed E-state index contributed by atoms with van der Waals surface area (Å²) in [4.78, 5) is 27.9. The molecular formula is C16H22N6O6. The predicted molar refractivity (Wildman–Crippen MR) is 94.8 cm³/mol. The van der Waals surface area contributed by atoms with Crippen molar-refractivity contribution in [2.75, 3.05) is 11.9 Å². The highest BCUT2D eigenvalue weighted by molar-refractivity contribution is 5.83. The quantitative estimate of drug-likeness (QED) is 0.460. The molecular weight excluding hydrogens is 372 g/mol. The number of imidazole rings is 1. The number of aliphatic hydroxyl groups is 2. The van der Waals surface area contributed by atoms with Crippen molar-refractivity contribution in [2.45, 2.75) is 63.2 Å². The monoisotopic (exact) mass is 394 g/mol. The summed E-state index contributed by atoms with van der Waals surface area (Å²) >= 11 is 0. The van der Waals surface area contributed by atoms with Gasteiger partial charge in [0.05, 0.1) is 6.33 Å². The van der Waals surface area contributed by atoms with E-state index in [0.717, 1.165) is 12.8 Å². The number of anilines is 1. The molecule has 0 radical (unpaired) electrons. The average molecular weight is 394 g/mol. The predicted octanol–water partition coefficient (Wildman–Crippen LogP) is 0.317. The molecule has 3 heterocycles. The molecule has 2 aromatic rings. The van der Waals surface area contributed by atoms with Crippen molar-refractivity contribution < 1.29 is 24.9 Å². The van der Waals surface area contributed by atoms with Crippen LogP contribution in [-0.4, -0.2) is 65.8 Å². The molecule has 0 amide bonds. The maximum Gasteiger partial charge on any atom is 0.294 e. The van der Waals surface area contributed by atoms with E-state index in [1.807, 2.05) is 0 Å². The van der Waals surface area contributed by atoms with Crippen LogP contribution in [0, 0.1) is 17.0 Å². The van der Waals surface area contributed by atoms with Gasteiger partial charge in [0.15, 0.2) is 23.2 Å². The third-order valence-corrected chi connectivity index (χ3v) is 5.18. The van der Waals surface area contributed by atoms with Gasteiger partial charge in [-0.15, -0.1) is 10.1 Å². The van der Waals surface area contributed by atoms with Crippen LogP contribution in [0.5, 0.6) is 0 Å². The fourth-order valence-corrected chi connectivity index (χ4v) is 3.81. The van der Waals surface area contributed by atoms with E-state index in [-0.39, 0.29) is 0 Å². The number of hydrogen-bond donors (Lipinski definition) is 3. The summed E-state index contributed by atoms with van der Waals surface area (Å²) < 4.78 is 7.12. The van der Waals surface area contributed by atoms with Crippen molar-refractivity contribution in [3.63, 3.8) is 0 Å². The molecule has 0 aromatic carbocycles. The summed E-state index contributed by atoms with van der Waals surface area (Å²) in [5.41, 5.74) is 0.980. The molecule has 2 aromatic heterocycles. The van der Waals surface area contributed by atoms with Gasteiger partial charge in [-0.1, -0.05) is 12.8 Å². The summed E-state index contributed by atoms with van der Waals surface area (Å²) in [5, 5.41) is 33.4. The highest BCUT2D eigenvalue weighted by Crippen LogP contribution is 2.33. The van der Waals surface area contributed by atoms with Gasteiger partial charge < -0.3 is 25.1 Å². The number of rotatable bonds is 6. The number of aryl methyl sites for hydroxylation is 1. The Hall–Kier alpha value is -2.57. The number of nitrogens with one attached hydrogen (secondary N) is 1. The maximum absolute atomic E-state index is 10.4. The molecule has 152 valence electrons. The second-order valence-corrected chi connectivity index (χ2v) is 7.13. The topological polar surface area (TPSA) is 158 Å². The van der Waals surface area contributed by atoms with Crippen molar-refractivity contribution in [1.29, 1.82) is 0 Å². The van der Waals surface area contributed by atoms with Gasteiger partial charge in [0, 0.05) is 6.04 Å². The van der Waals surface area contributed by atoms with Crippen molar-refractivity contribution in [3.05, 3.63) is 22.3 Å². The first-order valence-corrected chi connectivity index (χ1v) is 9.20. The lowest BCUT2D eigenvalue weighted by Gasteiger charge is -2.17. The zero-order chi connectivity index (χ0) is 19.8. The maximum atomic E-state index is 10.4. The van der Waals surface area contributed by atoms with Crippen LogP contribution in [0.25, 0.3) is 11.2 Å². The first-order valence-electron chi connectivity index (χ1n) is 9.20. The Morgan fingerprint density at radius 2 is 2.11 bits per heavy atom. The van der Waals surface area contributed by atoms with Crippen molar-refractivity contribution in [3.8, 4) is 0 Å². The van der Waals surface area contributed by atoms with E-state index in [0.29, 0.717) is 28.8 Å². The first-order chi connectivity index (χ1) is 13.4. The Morgan fingerprint density at radius 3 is 2.82 bits per heavy atom. The number of fused-ring (bicyclic) bond motifs is 1. The molecule has 2 fully saturated rings. The molecule has 12 nitrogen and oxygen atoms in total. The molecule has 1 saturated heterocycles. The van der Waals surface area contributed by atoms with Gasteiger partial charge in [0.25, 0.3) is 5.09 Å². The summed E-state index contributed by atoms with van der Waals surface area (Å²) in [6.45, 7) is 1.27. The number of nitrogens with zero attached hydrogens (tertiary/aromatic N) is 5. The van der Waals surface area contributed by atoms with Crippen LogP contribution in [0.3, 0.4) is 0 Å². The van der Waals surface area contributed by atoms with Gasteiger partial charge in [0.1, 0.15) is 30.7 Å². The fourth-order valence-electron chi connectivity index (χ4n) is 3.81. The number of aliphatic hydroxyl groups excluding tert-OH is 2. The first kappa shape index (κ1) is 18.8. The Balaban J connectivity index is 1.62. The highest BCUT2D eigenvalue weighted by atomic mass is 17.0. The summed E-state index contributed by atoms with van der Waals surface area (Å²) in [7, 11) is 0. The Morgan fingerprint density at radius 1 is 1.36 bits per heavy atom.